The van der Waals surface area contributed by atoms with Gasteiger partial charge in [0.2, 0.25) is 0 Å². The number of hydrogen-bond donors (Lipinski definition) is 4. The number of aryl methyl sites for hydroxylation is 4. The van der Waals surface area contributed by atoms with Crippen molar-refractivity contribution in [1.82, 2.24) is 0 Å². The topological polar surface area (TPSA) is 167 Å². The first-order chi connectivity index (χ1) is 29.4. The highest BCUT2D eigenvalue weighted by atomic mass is 32.2. The lowest BCUT2D eigenvalue weighted by Gasteiger charge is -2.16. The van der Waals surface area contributed by atoms with Crippen LogP contribution < -0.4 is 9.44 Å². The molecular formula is C45H39F5N2O8S2. The zero-order valence-electron chi connectivity index (χ0n) is 32.6. The van der Waals surface area contributed by atoms with Crippen LogP contribution in [0.15, 0.2) is 149 Å². The summed E-state index contributed by atoms with van der Waals surface area (Å²) in [5, 5.41) is 18.6. The number of aromatic carboxylic acids is 2. The number of carbonyl (C=O) groups is 2. The van der Waals surface area contributed by atoms with Crippen LogP contribution in [0.1, 0.15) is 61.4 Å². The Kier molecular flexibility index (Phi) is 15.2. The molecule has 0 aromatic heterocycles. The predicted octanol–water partition coefficient (Wildman–Crippen LogP) is 10.0. The Hall–Kier alpha value is -6.59. The molecule has 0 saturated carbocycles. The molecule has 0 aliphatic carbocycles. The normalized spacial score (nSPS) is 11.6. The van der Waals surface area contributed by atoms with E-state index >= 15 is 0 Å². The number of carboxylic acids is 2. The smallest absolute Gasteiger partial charge is 0.417 e. The Morgan fingerprint density at radius 3 is 1.34 bits per heavy atom. The molecule has 0 saturated heterocycles. The van der Waals surface area contributed by atoms with E-state index in [1.54, 1.807) is 78.9 Å². The molecule has 0 radical (unpaired) electrons. The van der Waals surface area contributed by atoms with E-state index < -0.39 is 65.2 Å². The summed E-state index contributed by atoms with van der Waals surface area (Å²) in [6.07, 6.45) is -1.92. The highest BCUT2D eigenvalue weighted by Crippen LogP contribution is 2.35. The molecule has 10 nitrogen and oxygen atoms in total. The van der Waals surface area contributed by atoms with Crippen molar-refractivity contribution in [3.63, 3.8) is 0 Å². The van der Waals surface area contributed by atoms with E-state index in [0.29, 0.717) is 66.8 Å². The maximum Gasteiger partial charge on any atom is 0.417 e. The van der Waals surface area contributed by atoms with Gasteiger partial charge in [-0.05, 0) is 109 Å². The molecule has 0 spiro atoms. The van der Waals surface area contributed by atoms with Gasteiger partial charge in [-0.1, -0.05) is 84.9 Å². The van der Waals surface area contributed by atoms with Gasteiger partial charge in [0.05, 0.1) is 33.0 Å². The van der Waals surface area contributed by atoms with Gasteiger partial charge in [0.25, 0.3) is 20.0 Å². The Balaban J connectivity index is 0.000000235. The van der Waals surface area contributed by atoms with Gasteiger partial charge in [0.1, 0.15) is 16.5 Å². The van der Waals surface area contributed by atoms with Crippen LogP contribution in [0.2, 0.25) is 0 Å². The van der Waals surface area contributed by atoms with E-state index in [4.69, 9.17) is 0 Å². The van der Waals surface area contributed by atoms with Crippen LogP contribution in [0.4, 0.5) is 33.3 Å². The highest BCUT2D eigenvalue weighted by molar-refractivity contribution is 7.93. The Morgan fingerprint density at radius 1 is 0.500 bits per heavy atom. The van der Waals surface area contributed by atoms with Crippen molar-refractivity contribution in [2.24, 2.45) is 0 Å². The third kappa shape index (κ3) is 12.3. The number of anilines is 2. The number of para-hydroxylation sites is 2. The average Bonchev–Trinajstić information content (AvgIpc) is 3.22. The molecule has 17 heteroatoms. The monoisotopic (exact) mass is 894 g/mol. The second-order valence-electron chi connectivity index (χ2n) is 13.7. The largest absolute Gasteiger partial charge is 0.478 e. The van der Waals surface area contributed by atoms with E-state index in [1.807, 2.05) is 0 Å². The summed E-state index contributed by atoms with van der Waals surface area (Å²) in [7, 11) is -8.74. The van der Waals surface area contributed by atoms with E-state index in [0.717, 1.165) is 30.3 Å². The molecule has 0 aliphatic rings. The van der Waals surface area contributed by atoms with Gasteiger partial charge < -0.3 is 10.2 Å². The quantitative estimate of drug-likeness (QED) is 0.0697. The van der Waals surface area contributed by atoms with E-state index in [9.17, 15) is 58.6 Å². The third-order valence-corrected chi connectivity index (χ3v) is 12.3. The molecule has 0 heterocycles. The Morgan fingerprint density at radius 2 is 0.887 bits per heavy atom. The van der Waals surface area contributed by atoms with Crippen molar-refractivity contribution in [3.8, 4) is 0 Å². The van der Waals surface area contributed by atoms with Crippen molar-refractivity contribution in [3.05, 3.63) is 190 Å². The molecule has 0 bridgehead atoms. The van der Waals surface area contributed by atoms with E-state index in [2.05, 4.69) is 9.44 Å². The standard InChI is InChI=1S/C23H20F3NO4S.C22H19F2NO4S/c24-23(25,26)19-13-4-6-15-21(19)32(30,31)27-20-14-5-2-9-17(20)11-7-10-16-8-1-3-12-18(16)22(28)29;23-17-12-13-21(19(24)14-17)30(28,29)25-20-11-4-2-7-16(20)9-5-8-15-6-1-3-10-18(15)22(26)27/h1-6,8-9,12-15,27H,7,10-11H2,(H,28,29);1-4,6-7,10-14,25H,5,8-9H2,(H,26,27). The predicted molar refractivity (Wildman–Crippen MR) is 223 cm³/mol. The van der Waals surface area contributed by atoms with Gasteiger partial charge in [-0.15, -0.1) is 0 Å². The van der Waals surface area contributed by atoms with Gasteiger partial charge in [-0.2, -0.15) is 13.2 Å². The number of sulfonamides is 2. The minimum absolute atomic E-state index is 0.177. The lowest BCUT2D eigenvalue weighted by atomic mass is 9.99. The number of hydrogen-bond acceptors (Lipinski definition) is 6. The fraction of sp³-hybridized carbons (Fsp3) is 0.156. The summed E-state index contributed by atoms with van der Waals surface area (Å²) >= 11 is 0. The minimum Gasteiger partial charge on any atom is -0.478 e. The molecule has 62 heavy (non-hydrogen) atoms. The lowest BCUT2D eigenvalue weighted by molar-refractivity contribution is -0.139. The van der Waals surface area contributed by atoms with Crippen LogP contribution in [-0.4, -0.2) is 39.0 Å². The second-order valence-corrected chi connectivity index (χ2v) is 17.0. The molecular weight excluding hydrogens is 856 g/mol. The molecule has 6 rings (SSSR count). The number of rotatable bonds is 16. The van der Waals surface area contributed by atoms with Gasteiger partial charge in [-0.25, -0.2) is 35.2 Å². The molecule has 4 N–H and O–H groups in total. The molecule has 0 unspecified atom stereocenters. The highest BCUT2D eigenvalue weighted by Gasteiger charge is 2.37. The summed E-state index contributed by atoms with van der Waals surface area (Å²) < 4.78 is 122. The maximum absolute atomic E-state index is 13.9. The van der Waals surface area contributed by atoms with Gasteiger partial charge >= 0.3 is 18.1 Å². The van der Waals surface area contributed by atoms with E-state index in [1.165, 1.54) is 24.3 Å². The summed E-state index contributed by atoms with van der Waals surface area (Å²) in [5.74, 6) is -4.07. The summed E-state index contributed by atoms with van der Waals surface area (Å²) in [6, 6.07) is 32.7. The fourth-order valence-electron chi connectivity index (χ4n) is 6.54. The van der Waals surface area contributed by atoms with Gasteiger partial charge in [0.15, 0.2) is 0 Å². The van der Waals surface area contributed by atoms with Gasteiger partial charge in [-0.3, -0.25) is 9.44 Å². The fourth-order valence-corrected chi connectivity index (χ4v) is 9.03. The Labute approximate surface area is 354 Å². The first-order valence-corrected chi connectivity index (χ1v) is 21.8. The summed E-state index contributed by atoms with van der Waals surface area (Å²) in [6.45, 7) is 0. The number of halogens is 5. The average molecular weight is 895 g/mol. The van der Waals surface area contributed by atoms with Crippen molar-refractivity contribution < 1.29 is 58.6 Å². The molecule has 0 atom stereocenters. The SMILES string of the molecule is O=C(O)c1ccccc1CCCc1ccccc1NS(=O)(=O)c1ccc(F)cc1F.O=C(O)c1ccccc1CCCc1ccccc1NS(=O)(=O)c1ccccc1C(F)(F)F. The third-order valence-electron chi connectivity index (χ3n) is 9.47. The lowest BCUT2D eigenvalue weighted by Crippen LogP contribution is -2.19. The first-order valence-electron chi connectivity index (χ1n) is 18.8. The van der Waals surface area contributed by atoms with Crippen LogP contribution in [-0.2, 0) is 51.9 Å². The zero-order chi connectivity index (χ0) is 45.1. The molecule has 6 aromatic carbocycles. The van der Waals surface area contributed by atoms with E-state index in [-0.39, 0.29) is 22.5 Å². The van der Waals surface area contributed by atoms with Crippen LogP contribution in [0.5, 0.6) is 0 Å². The van der Waals surface area contributed by atoms with Crippen molar-refractivity contribution in [2.75, 3.05) is 9.44 Å². The number of alkyl halides is 3. The second kappa shape index (κ2) is 20.3. The number of nitrogens with one attached hydrogen (secondary N) is 2. The summed E-state index contributed by atoms with van der Waals surface area (Å²) in [5.41, 5.74) is 2.26. The maximum atomic E-state index is 13.9. The molecule has 0 fully saturated rings. The van der Waals surface area contributed by atoms with Crippen LogP contribution in [0, 0.1) is 11.6 Å². The molecule has 0 aliphatic heterocycles. The first kappa shape index (κ1) is 46.5. The summed E-state index contributed by atoms with van der Waals surface area (Å²) in [4.78, 5) is 21.2. The van der Waals surface area contributed by atoms with Crippen molar-refractivity contribution >= 4 is 43.4 Å². The van der Waals surface area contributed by atoms with Crippen molar-refractivity contribution in [1.29, 1.82) is 0 Å². The Bertz CT molecular complexity index is 2780. The van der Waals surface area contributed by atoms with Crippen LogP contribution in [0.3, 0.4) is 0 Å². The van der Waals surface area contributed by atoms with Crippen molar-refractivity contribution in [2.45, 2.75) is 54.5 Å². The molecule has 0 amide bonds. The van der Waals surface area contributed by atoms with Gasteiger partial charge in [0, 0.05) is 6.07 Å². The molecule has 6 aromatic rings. The number of carboxylic acid groups (broad SMARTS) is 2. The van der Waals surface area contributed by atoms with Crippen LogP contribution >= 0.6 is 0 Å². The zero-order valence-corrected chi connectivity index (χ0v) is 34.2. The molecule has 324 valence electrons. The number of benzene rings is 6. The van der Waals surface area contributed by atoms with Crippen LogP contribution in [0.25, 0.3) is 0 Å². The minimum atomic E-state index is -4.82.